The molecular weight excluding hydrogens is 174 g/mol. The first-order valence-corrected chi connectivity index (χ1v) is 5.06. The average molecular weight is 193 g/mol. The van der Waals surface area contributed by atoms with E-state index in [9.17, 15) is 0 Å². The number of para-hydroxylation sites is 1. The Labute approximate surface area is 86.1 Å². The van der Waals surface area contributed by atoms with Gasteiger partial charge < -0.3 is 10.5 Å². The van der Waals surface area contributed by atoms with Crippen molar-refractivity contribution in [1.82, 2.24) is 0 Å². The summed E-state index contributed by atoms with van der Waals surface area (Å²) in [7, 11) is 0. The van der Waals surface area contributed by atoms with E-state index in [1.165, 1.54) is 0 Å². The van der Waals surface area contributed by atoms with Crippen molar-refractivity contribution in [3.63, 3.8) is 0 Å². The van der Waals surface area contributed by atoms with Gasteiger partial charge >= 0.3 is 0 Å². The van der Waals surface area contributed by atoms with E-state index in [4.69, 9.17) is 10.5 Å². The zero-order valence-corrected chi connectivity index (χ0v) is 9.21. The highest BCUT2D eigenvalue weighted by Gasteiger charge is 2.17. The minimum atomic E-state index is -0.120. The maximum Gasteiger partial charge on any atom is 0.124 e. The molecule has 0 amide bonds. The van der Waals surface area contributed by atoms with Crippen molar-refractivity contribution >= 4 is 0 Å². The molecule has 2 heteroatoms. The van der Waals surface area contributed by atoms with Crippen LogP contribution in [0.25, 0.3) is 0 Å². The number of rotatable bonds is 4. The Hall–Kier alpha value is -1.02. The van der Waals surface area contributed by atoms with E-state index in [0.29, 0.717) is 6.54 Å². The third kappa shape index (κ3) is 2.74. The lowest BCUT2D eigenvalue weighted by Crippen LogP contribution is -2.27. The molecular formula is C12H19NO. The number of benzene rings is 1. The summed E-state index contributed by atoms with van der Waals surface area (Å²) in [5.41, 5.74) is 6.58. The predicted molar refractivity (Wildman–Crippen MR) is 59.3 cm³/mol. The summed E-state index contributed by atoms with van der Waals surface area (Å²) in [5.74, 6) is 0.904. The topological polar surface area (TPSA) is 35.2 Å². The van der Waals surface area contributed by atoms with Crippen molar-refractivity contribution in [2.24, 2.45) is 5.73 Å². The van der Waals surface area contributed by atoms with Crippen molar-refractivity contribution in [2.75, 3.05) is 0 Å². The Kier molecular flexibility index (Phi) is 3.53. The lowest BCUT2D eigenvalue weighted by atomic mass is 10.1. The van der Waals surface area contributed by atoms with Crippen LogP contribution in [0.3, 0.4) is 0 Å². The van der Waals surface area contributed by atoms with Crippen LogP contribution in [-0.2, 0) is 6.54 Å². The molecule has 0 spiro atoms. The quantitative estimate of drug-likeness (QED) is 0.798. The second-order valence-electron chi connectivity index (χ2n) is 4.03. The van der Waals surface area contributed by atoms with E-state index in [1.807, 2.05) is 24.3 Å². The largest absolute Gasteiger partial charge is 0.488 e. The van der Waals surface area contributed by atoms with Crippen LogP contribution in [0.1, 0.15) is 32.8 Å². The summed E-state index contributed by atoms with van der Waals surface area (Å²) in [6.07, 6.45) is 0.978. The van der Waals surface area contributed by atoms with Crippen molar-refractivity contribution < 1.29 is 4.74 Å². The molecule has 1 aromatic carbocycles. The maximum atomic E-state index is 5.89. The summed E-state index contributed by atoms with van der Waals surface area (Å²) in [5, 5.41) is 0. The lowest BCUT2D eigenvalue weighted by molar-refractivity contribution is 0.104. The fourth-order valence-corrected chi connectivity index (χ4v) is 1.14. The zero-order chi connectivity index (χ0) is 10.6. The summed E-state index contributed by atoms with van der Waals surface area (Å²) in [6, 6.07) is 7.93. The number of hydrogen-bond acceptors (Lipinski definition) is 2. The average Bonchev–Trinajstić information content (AvgIpc) is 2.18. The fourth-order valence-electron chi connectivity index (χ4n) is 1.14. The van der Waals surface area contributed by atoms with Crippen LogP contribution in [0, 0.1) is 0 Å². The highest BCUT2D eigenvalue weighted by atomic mass is 16.5. The van der Waals surface area contributed by atoms with E-state index in [0.717, 1.165) is 17.7 Å². The van der Waals surface area contributed by atoms with Gasteiger partial charge in [0.2, 0.25) is 0 Å². The van der Waals surface area contributed by atoms with Gasteiger partial charge in [0, 0.05) is 12.1 Å². The van der Waals surface area contributed by atoms with Gasteiger partial charge in [-0.05, 0) is 26.3 Å². The fraction of sp³-hybridized carbons (Fsp3) is 0.500. The van der Waals surface area contributed by atoms with Gasteiger partial charge in [-0.3, -0.25) is 0 Å². The summed E-state index contributed by atoms with van der Waals surface area (Å²) < 4.78 is 5.89. The normalized spacial score (nSPS) is 11.4. The minimum Gasteiger partial charge on any atom is -0.488 e. The molecule has 0 bridgehead atoms. The molecule has 2 nitrogen and oxygen atoms in total. The van der Waals surface area contributed by atoms with Gasteiger partial charge in [-0.15, -0.1) is 0 Å². The molecule has 2 N–H and O–H groups in total. The van der Waals surface area contributed by atoms with Gasteiger partial charge in [-0.1, -0.05) is 25.1 Å². The molecule has 0 saturated heterocycles. The molecule has 0 aliphatic rings. The summed E-state index contributed by atoms with van der Waals surface area (Å²) in [4.78, 5) is 0. The van der Waals surface area contributed by atoms with Gasteiger partial charge in [-0.25, -0.2) is 0 Å². The van der Waals surface area contributed by atoms with Gasteiger partial charge in [0.1, 0.15) is 11.4 Å². The van der Waals surface area contributed by atoms with Crippen molar-refractivity contribution in [2.45, 2.75) is 39.3 Å². The molecule has 78 valence electrons. The van der Waals surface area contributed by atoms with Crippen LogP contribution >= 0.6 is 0 Å². The molecule has 0 aliphatic heterocycles. The first kappa shape index (κ1) is 11.1. The van der Waals surface area contributed by atoms with Crippen LogP contribution in [0.15, 0.2) is 24.3 Å². The molecule has 1 rings (SSSR count). The molecule has 0 aliphatic carbocycles. The Morgan fingerprint density at radius 1 is 1.29 bits per heavy atom. The van der Waals surface area contributed by atoms with Crippen LogP contribution in [0.5, 0.6) is 5.75 Å². The number of nitrogens with two attached hydrogens (primary N) is 1. The van der Waals surface area contributed by atoms with E-state index in [1.54, 1.807) is 0 Å². The van der Waals surface area contributed by atoms with Gasteiger partial charge in [0.05, 0.1) is 0 Å². The second-order valence-corrected chi connectivity index (χ2v) is 4.03. The first-order chi connectivity index (χ1) is 6.59. The Balaban J connectivity index is 2.85. The first-order valence-electron chi connectivity index (χ1n) is 5.06. The molecule has 0 atom stereocenters. The van der Waals surface area contributed by atoms with Crippen LogP contribution in [0.4, 0.5) is 0 Å². The third-order valence-corrected chi connectivity index (χ3v) is 2.43. The second kappa shape index (κ2) is 4.47. The predicted octanol–water partition coefficient (Wildman–Crippen LogP) is 2.71. The third-order valence-electron chi connectivity index (χ3n) is 2.43. The van der Waals surface area contributed by atoms with Crippen LogP contribution in [-0.4, -0.2) is 5.60 Å². The van der Waals surface area contributed by atoms with E-state index < -0.39 is 0 Å². The zero-order valence-electron chi connectivity index (χ0n) is 9.21. The maximum absolute atomic E-state index is 5.89. The molecule has 0 fully saturated rings. The van der Waals surface area contributed by atoms with Gasteiger partial charge in [-0.2, -0.15) is 0 Å². The monoisotopic (exact) mass is 193 g/mol. The van der Waals surface area contributed by atoms with Crippen LogP contribution < -0.4 is 10.5 Å². The Bertz CT molecular complexity index is 294. The van der Waals surface area contributed by atoms with Crippen molar-refractivity contribution in [1.29, 1.82) is 0 Å². The van der Waals surface area contributed by atoms with E-state index >= 15 is 0 Å². The number of ether oxygens (including phenoxy) is 1. The molecule has 14 heavy (non-hydrogen) atoms. The summed E-state index contributed by atoms with van der Waals surface area (Å²) >= 11 is 0. The molecule has 0 radical (unpaired) electrons. The van der Waals surface area contributed by atoms with Crippen molar-refractivity contribution in [3.8, 4) is 5.75 Å². The smallest absolute Gasteiger partial charge is 0.124 e. The highest BCUT2D eigenvalue weighted by Crippen LogP contribution is 2.24. The Morgan fingerprint density at radius 2 is 1.93 bits per heavy atom. The molecule has 0 unspecified atom stereocenters. The standard InChI is InChI=1S/C12H19NO/c1-4-12(2,3)14-11-8-6-5-7-10(11)9-13/h5-8H,4,9,13H2,1-3H3. The van der Waals surface area contributed by atoms with Gasteiger partial charge in [0.25, 0.3) is 0 Å². The highest BCUT2D eigenvalue weighted by molar-refractivity contribution is 5.33. The SMILES string of the molecule is CCC(C)(C)Oc1ccccc1CN. The number of hydrogen-bond donors (Lipinski definition) is 1. The van der Waals surface area contributed by atoms with E-state index in [2.05, 4.69) is 20.8 Å². The molecule has 0 heterocycles. The summed E-state index contributed by atoms with van der Waals surface area (Å²) in [6.45, 7) is 6.81. The molecule has 1 aromatic rings. The lowest BCUT2D eigenvalue weighted by Gasteiger charge is -2.26. The Morgan fingerprint density at radius 3 is 2.50 bits per heavy atom. The van der Waals surface area contributed by atoms with Crippen LogP contribution in [0.2, 0.25) is 0 Å². The molecule has 0 saturated carbocycles. The van der Waals surface area contributed by atoms with Gasteiger partial charge in [0.15, 0.2) is 0 Å². The van der Waals surface area contributed by atoms with Crippen molar-refractivity contribution in [3.05, 3.63) is 29.8 Å². The molecule has 0 aromatic heterocycles. The minimum absolute atomic E-state index is 0.120. The van der Waals surface area contributed by atoms with E-state index in [-0.39, 0.29) is 5.60 Å².